The zero-order valence-electron chi connectivity index (χ0n) is 30.4. The van der Waals surface area contributed by atoms with Gasteiger partial charge in [-0.3, -0.25) is 14.4 Å². The summed E-state index contributed by atoms with van der Waals surface area (Å²) in [5, 5.41) is 2.76. The van der Waals surface area contributed by atoms with E-state index in [9.17, 15) is 14.4 Å². The van der Waals surface area contributed by atoms with Gasteiger partial charge in [-0.15, -0.1) is 0 Å². The average molecular weight is 692 g/mol. The number of Topliss-reactive ketones (excluding diaryl/α,β-unsaturated/α-hetero) is 1. The molecule has 4 aliphatic rings. The number of thiocarbonyl (C=S) groups is 1. The molecule has 2 fully saturated rings. The third-order valence-corrected chi connectivity index (χ3v) is 12.8. The zero-order valence-corrected chi connectivity index (χ0v) is 31.2. The van der Waals surface area contributed by atoms with Crippen LogP contribution >= 0.6 is 12.2 Å². The lowest BCUT2D eigenvalue weighted by Gasteiger charge is -2.58. The Hall–Kier alpha value is -4.10. The van der Waals surface area contributed by atoms with Crippen LogP contribution < -0.4 is 9.64 Å². The van der Waals surface area contributed by atoms with E-state index in [1.165, 1.54) is 29.0 Å². The number of carbonyl (C=O) groups is 3. The van der Waals surface area contributed by atoms with Gasteiger partial charge in [-0.2, -0.15) is 0 Å². The number of fused-ring (bicyclic) bond motifs is 6. The monoisotopic (exact) mass is 691 g/mol. The first-order valence-electron chi connectivity index (χ1n) is 17.8. The molecule has 0 bridgehead atoms. The topological polar surface area (TPSA) is 72.9 Å². The largest absolute Gasteiger partial charge is 0.451 e. The normalized spacial score (nSPS) is 29.6. The average Bonchev–Trinajstić information content (AvgIpc) is 3.38. The van der Waals surface area contributed by atoms with Crippen molar-refractivity contribution in [2.75, 3.05) is 11.9 Å². The highest BCUT2D eigenvalue weighted by molar-refractivity contribution is 7.80. The Morgan fingerprint density at radius 1 is 0.880 bits per heavy atom. The van der Waals surface area contributed by atoms with Crippen LogP contribution in [-0.2, 0) is 19.1 Å². The summed E-state index contributed by atoms with van der Waals surface area (Å²) >= 11 is 5.41. The smallest absolute Gasteiger partial charge is 0.303 e. The Balaban J connectivity index is 0.000000178. The number of hydrogen-bond donors (Lipinski definition) is 0. The summed E-state index contributed by atoms with van der Waals surface area (Å²) in [6.45, 7) is 11.7. The third kappa shape index (κ3) is 6.23. The summed E-state index contributed by atoms with van der Waals surface area (Å²) in [5.41, 5.74) is 3.36. The van der Waals surface area contributed by atoms with Gasteiger partial charge in [-0.1, -0.05) is 68.0 Å². The number of aryl methyl sites for hydroxylation is 1. The van der Waals surface area contributed by atoms with E-state index in [0.717, 1.165) is 42.5 Å². The predicted octanol–water partition coefficient (Wildman–Crippen LogP) is 9.52. The van der Waals surface area contributed by atoms with Gasteiger partial charge in [0, 0.05) is 31.5 Å². The van der Waals surface area contributed by atoms with Crippen molar-refractivity contribution in [2.24, 2.45) is 28.6 Å². The van der Waals surface area contributed by atoms with Crippen LogP contribution in [0.3, 0.4) is 0 Å². The molecule has 0 radical (unpaired) electrons. The van der Waals surface area contributed by atoms with Crippen LogP contribution in [0.2, 0.25) is 0 Å². The second-order valence-electron chi connectivity index (χ2n) is 15.3. The number of nitrogens with zero attached hydrogens (tertiary/aromatic N) is 1. The molecule has 0 N–H and O–H groups in total. The van der Waals surface area contributed by atoms with Crippen molar-refractivity contribution < 1.29 is 23.9 Å². The molecule has 2 saturated carbocycles. The quantitative estimate of drug-likeness (QED) is 0.199. The fraction of sp³-hybridized carbons (Fsp3) is 0.442. The molecule has 0 aromatic heterocycles. The Morgan fingerprint density at radius 3 is 2.30 bits per heavy atom. The molecule has 6 atom stereocenters. The molecule has 6 nitrogen and oxygen atoms in total. The van der Waals surface area contributed by atoms with Crippen molar-refractivity contribution in [1.29, 1.82) is 0 Å². The van der Waals surface area contributed by atoms with Crippen LogP contribution in [0, 0.1) is 35.5 Å². The molecular formula is C43H49NO5S. The second-order valence-corrected chi connectivity index (χ2v) is 15.7. The molecule has 7 heteroatoms. The molecule has 262 valence electrons. The number of carbonyl (C=O) groups excluding carboxylic acids is 3. The van der Waals surface area contributed by atoms with Crippen molar-refractivity contribution in [3.05, 3.63) is 95.6 Å². The number of anilines is 1. The summed E-state index contributed by atoms with van der Waals surface area (Å²) < 4.78 is 11.7. The highest BCUT2D eigenvalue weighted by Crippen LogP contribution is 2.67. The number of allylic oxidation sites excluding steroid dienone is 4. The fourth-order valence-corrected chi connectivity index (χ4v) is 10.0. The molecule has 0 heterocycles. The van der Waals surface area contributed by atoms with Crippen LogP contribution in [0.4, 0.5) is 5.69 Å². The van der Waals surface area contributed by atoms with Crippen LogP contribution in [0.1, 0.15) is 78.7 Å². The molecule has 7 rings (SSSR count). The zero-order chi connectivity index (χ0) is 36.0. The van der Waals surface area contributed by atoms with Gasteiger partial charge in [0.05, 0.1) is 0 Å². The van der Waals surface area contributed by atoms with E-state index in [-0.39, 0.29) is 28.4 Å². The van der Waals surface area contributed by atoms with Crippen molar-refractivity contribution in [2.45, 2.75) is 85.7 Å². The van der Waals surface area contributed by atoms with E-state index in [1.54, 1.807) is 6.92 Å². The number of rotatable bonds is 4. The number of benzene rings is 3. The minimum absolute atomic E-state index is 0.0160. The maximum atomic E-state index is 12.8. The maximum Gasteiger partial charge on any atom is 0.303 e. The minimum atomic E-state index is -0.990. The van der Waals surface area contributed by atoms with Gasteiger partial charge in [-0.25, -0.2) is 0 Å². The van der Waals surface area contributed by atoms with Gasteiger partial charge in [0.25, 0.3) is 5.17 Å². The standard InChI is InChI=1S/C24H32O4.C19H17NOS/c1-14-12-18-19(22(4)9-6-17(27)13-21(14)22)7-10-23(5)20(18)8-11-24(23,15(2)25)28-16(3)26;1-14-6-5-9-17(12-14)20(2)19(22)21-18-11-10-15-7-3-4-8-16(15)13-18/h12-13,18-20H,6-11H2,1-5H3;3-13H,1-2H3. The van der Waals surface area contributed by atoms with Gasteiger partial charge in [0.15, 0.2) is 17.2 Å². The van der Waals surface area contributed by atoms with Crippen molar-refractivity contribution in [3.63, 3.8) is 0 Å². The Labute approximate surface area is 301 Å². The first-order chi connectivity index (χ1) is 23.7. The Bertz CT molecular complexity index is 1930. The number of esters is 1. The van der Waals surface area contributed by atoms with Crippen LogP contribution in [-0.4, -0.2) is 35.4 Å². The number of ether oxygens (including phenoxy) is 2. The van der Waals surface area contributed by atoms with Crippen molar-refractivity contribution >= 4 is 51.4 Å². The van der Waals surface area contributed by atoms with Crippen LogP contribution in [0.25, 0.3) is 10.8 Å². The Kier molecular flexibility index (Phi) is 9.68. The molecule has 50 heavy (non-hydrogen) atoms. The van der Waals surface area contributed by atoms with Gasteiger partial charge < -0.3 is 14.4 Å². The first kappa shape index (κ1) is 35.7. The highest BCUT2D eigenvalue weighted by atomic mass is 32.1. The van der Waals surface area contributed by atoms with E-state index in [1.807, 2.05) is 60.5 Å². The van der Waals surface area contributed by atoms with Gasteiger partial charge in [0.1, 0.15) is 5.75 Å². The van der Waals surface area contributed by atoms with Gasteiger partial charge in [-0.05, 0) is 141 Å². The number of ketones is 2. The van der Waals surface area contributed by atoms with E-state index in [2.05, 4.69) is 58.0 Å². The molecule has 0 spiro atoms. The highest BCUT2D eigenvalue weighted by Gasteiger charge is 2.67. The summed E-state index contributed by atoms with van der Waals surface area (Å²) in [7, 11) is 1.91. The summed E-state index contributed by atoms with van der Waals surface area (Å²) in [5.74, 6) is 1.78. The van der Waals surface area contributed by atoms with E-state index in [4.69, 9.17) is 21.7 Å². The van der Waals surface area contributed by atoms with Crippen molar-refractivity contribution in [1.82, 2.24) is 0 Å². The summed E-state index contributed by atoms with van der Waals surface area (Å²) in [6.07, 6.45) is 9.20. The van der Waals surface area contributed by atoms with E-state index in [0.29, 0.717) is 35.8 Å². The molecule has 0 amide bonds. The molecule has 6 unspecified atom stereocenters. The molecule has 0 saturated heterocycles. The lowest BCUT2D eigenvalue weighted by molar-refractivity contribution is -0.185. The predicted molar refractivity (Wildman–Crippen MR) is 203 cm³/mol. The lowest BCUT2D eigenvalue weighted by Crippen LogP contribution is -2.58. The number of hydrogen-bond acceptors (Lipinski definition) is 6. The fourth-order valence-electron chi connectivity index (χ4n) is 9.82. The van der Waals surface area contributed by atoms with Crippen molar-refractivity contribution in [3.8, 4) is 5.75 Å². The summed E-state index contributed by atoms with van der Waals surface area (Å²) in [4.78, 5) is 38.6. The van der Waals surface area contributed by atoms with E-state index < -0.39 is 5.60 Å². The lowest BCUT2D eigenvalue weighted by atomic mass is 9.47. The van der Waals surface area contributed by atoms with E-state index >= 15 is 0 Å². The second kappa shape index (κ2) is 13.6. The molecule has 4 aliphatic carbocycles. The van der Waals surface area contributed by atoms with Gasteiger partial charge >= 0.3 is 5.97 Å². The molecule has 3 aromatic carbocycles. The third-order valence-electron chi connectivity index (χ3n) is 12.4. The van der Waals surface area contributed by atoms with Crippen LogP contribution in [0.5, 0.6) is 5.75 Å². The first-order valence-corrected chi connectivity index (χ1v) is 18.2. The SMILES string of the molecule is CC(=O)OC1(C(C)=O)CCC2C3C=C(C)C4=CC(=O)CCC4(C)C3CCC21C.Cc1cccc(N(C)C(=S)Oc2ccc3ccccc3c2)c1. The minimum Gasteiger partial charge on any atom is -0.451 e. The Morgan fingerprint density at radius 2 is 1.60 bits per heavy atom. The van der Waals surface area contributed by atoms with Crippen LogP contribution in [0.15, 0.2) is 90.0 Å². The molecule has 3 aromatic rings. The molecule has 0 aliphatic heterocycles. The van der Waals surface area contributed by atoms with Gasteiger partial charge in [0.2, 0.25) is 0 Å². The summed E-state index contributed by atoms with van der Waals surface area (Å²) in [6, 6.07) is 22.3. The molecular weight excluding hydrogens is 643 g/mol. The maximum absolute atomic E-state index is 12.8.